The van der Waals surface area contributed by atoms with Gasteiger partial charge in [-0.05, 0) is 42.7 Å². The molecule has 2 heteroatoms. The minimum atomic E-state index is -0.0857. The lowest BCUT2D eigenvalue weighted by Crippen LogP contribution is -2.16. The van der Waals surface area contributed by atoms with E-state index in [1.54, 1.807) is 0 Å². The Kier molecular flexibility index (Phi) is 3.17. The van der Waals surface area contributed by atoms with Crippen molar-refractivity contribution in [3.05, 3.63) is 34.3 Å². The lowest BCUT2D eigenvalue weighted by molar-refractivity contribution is 0.163. The molecule has 1 aromatic carbocycles. The van der Waals surface area contributed by atoms with Crippen LogP contribution in [0.4, 0.5) is 0 Å². The lowest BCUT2D eigenvalue weighted by Gasteiger charge is -2.24. The number of benzene rings is 1. The second-order valence-electron chi connectivity index (χ2n) is 4.98. The largest absolute Gasteiger partial charge is 0.393 e. The third kappa shape index (κ3) is 2.61. The highest BCUT2D eigenvalue weighted by Gasteiger charge is 2.34. The molecular formula is C13H17BrO. The number of hydrogen-bond acceptors (Lipinski definition) is 1. The summed E-state index contributed by atoms with van der Waals surface area (Å²) in [5.74, 6) is 0. The van der Waals surface area contributed by atoms with Gasteiger partial charge in [0.1, 0.15) is 0 Å². The maximum atomic E-state index is 9.60. The van der Waals surface area contributed by atoms with Crippen molar-refractivity contribution in [2.75, 3.05) is 0 Å². The normalized spacial score (nSPS) is 30.7. The van der Waals surface area contributed by atoms with Gasteiger partial charge in [0.25, 0.3) is 0 Å². The quantitative estimate of drug-likeness (QED) is 0.870. The van der Waals surface area contributed by atoms with Gasteiger partial charge >= 0.3 is 0 Å². The van der Waals surface area contributed by atoms with Crippen LogP contribution in [-0.2, 0) is 6.42 Å². The van der Waals surface area contributed by atoms with Crippen LogP contribution in [0.25, 0.3) is 0 Å². The molecule has 2 rings (SSSR count). The predicted molar refractivity (Wildman–Crippen MR) is 65.8 cm³/mol. The Morgan fingerprint density at radius 1 is 1.47 bits per heavy atom. The Labute approximate surface area is 99.6 Å². The summed E-state index contributed by atoms with van der Waals surface area (Å²) in [6.45, 7) is 2.28. The molecule has 1 N–H and O–H groups in total. The van der Waals surface area contributed by atoms with Gasteiger partial charge in [0, 0.05) is 4.47 Å². The van der Waals surface area contributed by atoms with Crippen LogP contribution < -0.4 is 0 Å². The number of hydrogen-bond donors (Lipinski definition) is 1. The van der Waals surface area contributed by atoms with Crippen molar-refractivity contribution < 1.29 is 5.11 Å². The van der Waals surface area contributed by atoms with E-state index in [0.29, 0.717) is 0 Å². The average Bonchev–Trinajstić information content (AvgIpc) is 2.51. The van der Waals surface area contributed by atoms with E-state index < -0.39 is 0 Å². The molecule has 0 saturated heterocycles. The zero-order chi connectivity index (χ0) is 10.9. The van der Waals surface area contributed by atoms with Gasteiger partial charge in [-0.25, -0.2) is 0 Å². The maximum Gasteiger partial charge on any atom is 0.0545 e. The van der Waals surface area contributed by atoms with Crippen molar-refractivity contribution in [2.45, 2.75) is 38.7 Å². The van der Waals surface area contributed by atoms with Crippen molar-refractivity contribution in [1.29, 1.82) is 0 Å². The summed E-state index contributed by atoms with van der Waals surface area (Å²) in [6, 6.07) is 8.37. The molecular weight excluding hydrogens is 252 g/mol. The van der Waals surface area contributed by atoms with E-state index in [4.69, 9.17) is 0 Å². The molecule has 1 aromatic rings. The van der Waals surface area contributed by atoms with Crippen LogP contribution in [0, 0.1) is 5.41 Å². The van der Waals surface area contributed by atoms with Gasteiger partial charge in [-0.3, -0.25) is 0 Å². The zero-order valence-electron chi connectivity index (χ0n) is 9.04. The molecule has 82 valence electrons. The molecule has 0 amide bonds. The fourth-order valence-electron chi connectivity index (χ4n) is 2.55. The van der Waals surface area contributed by atoms with E-state index in [2.05, 4.69) is 41.1 Å². The Morgan fingerprint density at radius 3 is 2.80 bits per heavy atom. The highest BCUT2D eigenvalue weighted by Crippen LogP contribution is 2.41. The van der Waals surface area contributed by atoms with Crippen molar-refractivity contribution in [3.8, 4) is 0 Å². The van der Waals surface area contributed by atoms with Crippen molar-refractivity contribution in [2.24, 2.45) is 5.41 Å². The summed E-state index contributed by atoms with van der Waals surface area (Å²) >= 11 is 3.58. The summed E-state index contributed by atoms with van der Waals surface area (Å²) in [4.78, 5) is 0. The first-order chi connectivity index (χ1) is 7.09. The van der Waals surface area contributed by atoms with E-state index in [-0.39, 0.29) is 11.5 Å². The number of aliphatic hydroxyl groups excluding tert-OH is 1. The topological polar surface area (TPSA) is 20.2 Å². The summed E-state index contributed by atoms with van der Waals surface area (Å²) in [7, 11) is 0. The Balaban J connectivity index is 2.12. The second-order valence-corrected chi connectivity index (χ2v) is 5.83. The van der Waals surface area contributed by atoms with Gasteiger partial charge < -0.3 is 5.11 Å². The van der Waals surface area contributed by atoms with Crippen LogP contribution in [0.2, 0.25) is 0 Å². The Bertz CT molecular complexity index is 350. The third-order valence-electron chi connectivity index (χ3n) is 3.38. The molecule has 2 atom stereocenters. The zero-order valence-corrected chi connectivity index (χ0v) is 10.6. The average molecular weight is 269 g/mol. The lowest BCUT2D eigenvalue weighted by atomic mass is 9.82. The monoisotopic (exact) mass is 268 g/mol. The minimum Gasteiger partial charge on any atom is -0.393 e. The Hall–Kier alpha value is -0.340. The van der Waals surface area contributed by atoms with Crippen LogP contribution in [0.5, 0.6) is 0 Å². The molecule has 0 bridgehead atoms. The fourth-order valence-corrected chi connectivity index (χ4v) is 2.98. The Morgan fingerprint density at radius 2 is 2.20 bits per heavy atom. The molecule has 0 heterocycles. The van der Waals surface area contributed by atoms with E-state index in [1.807, 2.05) is 6.07 Å². The standard InChI is InChI=1S/C13H17BrO/c1-13(7-6-11(15)9-13)8-10-4-2-3-5-12(10)14/h2-5,11,15H,6-9H2,1H3. The van der Waals surface area contributed by atoms with Gasteiger partial charge in [-0.15, -0.1) is 0 Å². The van der Waals surface area contributed by atoms with Crippen LogP contribution in [0.1, 0.15) is 31.7 Å². The summed E-state index contributed by atoms with van der Waals surface area (Å²) in [5, 5.41) is 9.60. The van der Waals surface area contributed by atoms with Crippen LogP contribution >= 0.6 is 15.9 Å². The van der Waals surface area contributed by atoms with E-state index in [0.717, 1.165) is 25.7 Å². The maximum absolute atomic E-state index is 9.60. The molecule has 1 nitrogen and oxygen atoms in total. The fraction of sp³-hybridized carbons (Fsp3) is 0.538. The number of rotatable bonds is 2. The van der Waals surface area contributed by atoms with Crippen molar-refractivity contribution >= 4 is 15.9 Å². The van der Waals surface area contributed by atoms with E-state index >= 15 is 0 Å². The molecule has 0 radical (unpaired) electrons. The predicted octanol–water partition coefficient (Wildman–Crippen LogP) is 3.54. The van der Waals surface area contributed by atoms with Gasteiger partial charge in [0.2, 0.25) is 0 Å². The molecule has 1 aliphatic rings. The SMILES string of the molecule is CC1(Cc2ccccc2Br)CCC(O)C1. The second kappa shape index (κ2) is 4.26. The van der Waals surface area contributed by atoms with Gasteiger partial charge in [0.05, 0.1) is 6.10 Å². The summed E-state index contributed by atoms with van der Waals surface area (Å²) in [5.41, 5.74) is 1.64. The molecule has 0 aromatic heterocycles. The van der Waals surface area contributed by atoms with Gasteiger partial charge in [-0.1, -0.05) is 41.1 Å². The molecule has 1 fully saturated rings. The smallest absolute Gasteiger partial charge is 0.0545 e. The first-order valence-corrected chi connectivity index (χ1v) is 6.30. The van der Waals surface area contributed by atoms with Crippen molar-refractivity contribution in [1.82, 2.24) is 0 Å². The van der Waals surface area contributed by atoms with Gasteiger partial charge in [0.15, 0.2) is 0 Å². The molecule has 1 saturated carbocycles. The van der Waals surface area contributed by atoms with Crippen LogP contribution in [-0.4, -0.2) is 11.2 Å². The molecule has 1 aliphatic carbocycles. The number of aliphatic hydroxyl groups is 1. The van der Waals surface area contributed by atoms with Crippen molar-refractivity contribution in [3.63, 3.8) is 0 Å². The van der Waals surface area contributed by atoms with Crippen LogP contribution in [0.3, 0.4) is 0 Å². The highest BCUT2D eigenvalue weighted by molar-refractivity contribution is 9.10. The van der Waals surface area contributed by atoms with E-state index in [1.165, 1.54) is 10.0 Å². The van der Waals surface area contributed by atoms with E-state index in [9.17, 15) is 5.11 Å². The first-order valence-electron chi connectivity index (χ1n) is 5.51. The third-order valence-corrected chi connectivity index (χ3v) is 4.16. The molecule has 2 unspecified atom stereocenters. The molecule has 0 spiro atoms. The molecule has 0 aliphatic heterocycles. The minimum absolute atomic E-state index is 0.0857. The van der Waals surface area contributed by atoms with Gasteiger partial charge in [-0.2, -0.15) is 0 Å². The highest BCUT2D eigenvalue weighted by atomic mass is 79.9. The summed E-state index contributed by atoms with van der Waals surface area (Å²) < 4.78 is 1.19. The number of halogens is 1. The first kappa shape index (κ1) is 11.2. The summed E-state index contributed by atoms with van der Waals surface area (Å²) in [6.07, 6.45) is 4.01. The van der Waals surface area contributed by atoms with Crippen LogP contribution in [0.15, 0.2) is 28.7 Å². The molecule has 15 heavy (non-hydrogen) atoms.